The van der Waals surface area contributed by atoms with Crippen molar-refractivity contribution in [2.24, 2.45) is 5.92 Å². The number of halogens is 2. The third-order valence-corrected chi connectivity index (χ3v) is 2.96. The van der Waals surface area contributed by atoms with Crippen molar-refractivity contribution in [2.75, 3.05) is 0 Å². The molecule has 0 amide bonds. The van der Waals surface area contributed by atoms with E-state index in [9.17, 15) is 4.79 Å². The second-order valence-corrected chi connectivity index (χ2v) is 4.41. The van der Waals surface area contributed by atoms with Gasteiger partial charge in [0, 0.05) is 16.0 Å². The summed E-state index contributed by atoms with van der Waals surface area (Å²) in [4.78, 5) is 11.5. The molecule has 0 spiro atoms. The van der Waals surface area contributed by atoms with E-state index in [1.165, 1.54) is 0 Å². The maximum Gasteiger partial charge on any atom is 0.165 e. The fourth-order valence-electron chi connectivity index (χ4n) is 0.983. The number of ketones is 1. The number of rotatable bonds is 2. The van der Waals surface area contributed by atoms with Gasteiger partial charge in [-0.25, -0.2) is 0 Å². The van der Waals surface area contributed by atoms with E-state index in [-0.39, 0.29) is 11.7 Å². The first-order valence-electron chi connectivity index (χ1n) is 4.01. The van der Waals surface area contributed by atoms with E-state index in [1.807, 2.05) is 13.8 Å². The summed E-state index contributed by atoms with van der Waals surface area (Å²) in [5.74, 6) is 0.131. The van der Waals surface area contributed by atoms with E-state index in [4.69, 9.17) is 11.6 Å². The highest BCUT2D eigenvalue weighted by atomic mass is 79.9. The molecule has 0 fully saturated rings. The van der Waals surface area contributed by atoms with Gasteiger partial charge < -0.3 is 0 Å². The van der Waals surface area contributed by atoms with E-state index in [2.05, 4.69) is 15.9 Å². The largest absolute Gasteiger partial charge is 0.294 e. The lowest BCUT2D eigenvalue weighted by molar-refractivity contribution is 0.0939. The van der Waals surface area contributed by atoms with E-state index in [1.54, 1.807) is 18.2 Å². The molecular formula is C10H10BrClO. The van der Waals surface area contributed by atoms with Gasteiger partial charge in [0.1, 0.15) is 0 Å². The molecule has 1 aromatic carbocycles. The quantitative estimate of drug-likeness (QED) is 0.737. The zero-order valence-corrected chi connectivity index (χ0v) is 9.82. The summed E-state index contributed by atoms with van der Waals surface area (Å²) in [6.07, 6.45) is 0. The van der Waals surface area contributed by atoms with Gasteiger partial charge >= 0.3 is 0 Å². The molecule has 0 aliphatic carbocycles. The molecular weight excluding hydrogens is 251 g/mol. The zero-order valence-electron chi connectivity index (χ0n) is 7.47. The predicted octanol–water partition coefficient (Wildman–Crippen LogP) is 3.94. The van der Waals surface area contributed by atoms with Crippen molar-refractivity contribution in [3.8, 4) is 0 Å². The molecule has 1 rings (SSSR count). The summed E-state index contributed by atoms with van der Waals surface area (Å²) in [7, 11) is 0. The minimum Gasteiger partial charge on any atom is -0.294 e. The molecule has 70 valence electrons. The summed E-state index contributed by atoms with van der Waals surface area (Å²) >= 11 is 9.14. The Hall–Kier alpha value is -0.340. The van der Waals surface area contributed by atoms with E-state index >= 15 is 0 Å². The number of hydrogen-bond acceptors (Lipinski definition) is 1. The standard InChI is InChI=1S/C10H10BrClO/c1-6(2)10(13)7-3-4-8(11)9(12)5-7/h3-6H,1-2H3. The number of carbonyl (C=O) groups excluding carboxylic acids is 1. The van der Waals surface area contributed by atoms with E-state index in [0.29, 0.717) is 10.6 Å². The summed E-state index contributed by atoms with van der Waals surface area (Å²) in [6, 6.07) is 5.25. The van der Waals surface area contributed by atoms with Crippen LogP contribution in [-0.4, -0.2) is 5.78 Å². The van der Waals surface area contributed by atoms with Crippen LogP contribution in [0.25, 0.3) is 0 Å². The van der Waals surface area contributed by atoms with Crippen LogP contribution in [0.5, 0.6) is 0 Å². The van der Waals surface area contributed by atoms with Crippen LogP contribution in [0.2, 0.25) is 5.02 Å². The molecule has 0 aliphatic heterocycles. The smallest absolute Gasteiger partial charge is 0.165 e. The monoisotopic (exact) mass is 260 g/mol. The Balaban J connectivity index is 3.04. The molecule has 3 heteroatoms. The number of benzene rings is 1. The predicted molar refractivity (Wildman–Crippen MR) is 58.3 cm³/mol. The lowest BCUT2D eigenvalue weighted by atomic mass is 10.0. The number of carbonyl (C=O) groups is 1. The van der Waals surface area contributed by atoms with Gasteiger partial charge in [-0.2, -0.15) is 0 Å². The van der Waals surface area contributed by atoms with Crippen LogP contribution in [0, 0.1) is 5.92 Å². The number of hydrogen-bond donors (Lipinski definition) is 0. The highest BCUT2D eigenvalue weighted by Crippen LogP contribution is 2.24. The maximum absolute atomic E-state index is 11.5. The maximum atomic E-state index is 11.5. The van der Waals surface area contributed by atoms with Gasteiger partial charge in [-0.1, -0.05) is 31.5 Å². The average molecular weight is 262 g/mol. The van der Waals surface area contributed by atoms with Gasteiger partial charge in [-0.05, 0) is 28.1 Å². The molecule has 0 N–H and O–H groups in total. The zero-order chi connectivity index (χ0) is 10.0. The van der Waals surface area contributed by atoms with Crippen LogP contribution in [0.15, 0.2) is 22.7 Å². The van der Waals surface area contributed by atoms with E-state index in [0.717, 1.165) is 4.47 Å². The minimum atomic E-state index is 0.0113. The Labute approximate surface area is 91.2 Å². The lowest BCUT2D eigenvalue weighted by Gasteiger charge is -2.04. The van der Waals surface area contributed by atoms with E-state index < -0.39 is 0 Å². The van der Waals surface area contributed by atoms with Crippen molar-refractivity contribution in [1.29, 1.82) is 0 Å². The highest BCUT2D eigenvalue weighted by Gasteiger charge is 2.11. The van der Waals surface area contributed by atoms with Gasteiger partial charge in [0.15, 0.2) is 5.78 Å². The Morgan fingerprint density at radius 2 is 2.08 bits per heavy atom. The SMILES string of the molecule is CC(C)C(=O)c1ccc(Br)c(Cl)c1. The molecule has 0 aromatic heterocycles. The average Bonchev–Trinajstić information content (AvgIpc) is 2.08. The van der Waals surface area contributed by atoms with Crippen molar-refractivity contribution in [2.45, 2.75) is 13.8 Å². The topological polar surface area (TPSA) is 17.1 Å². The Bertz CT molecular complexity index is 334. The summed E-state index contributed by atoms with van der Waals surface area (Å²) in [5, 5.41) is 0.575. The molecule has 13 heavy (non-hydrogen) atoms. The Morgan fingerprint density at radius 3 is 2.54 bits per heavy atom. The summed E-state index contributed by atoms with van der Waals surface area (Å²) in [6.45, 7) is 3.75. The van der Waals surface area contributed by atoms with Gasteiger partial charge in [0.05, 0.1) is 5.02 Å². The van der Waals surface area contributed by atoms with Crippen molar-refractivity contribution in [3.05, 3.63) is 33.3 Å². The normalized spacial score (nSPS) is 10.5. The Morgan fingerprint density at radius 1 is 1.46 bits per heavy atom. The van der Waals surface area contributed by atoms with Gasteiger partial charge in [0.25, 0.3) is 0 Å². The Kier molecular flexibility index (Phi) is 3.51. The van der Waals surface area contributed by atoms with Gasteiger partial charge in [-0.15, -0.1) is 0 Å². The minimum absolute atomic E-state index is 0.0113. The molecule has 1 aromatic rings. The van der Waals surface area contributed by atoms with Crippen molar-refractivity contribution >= 4 is 33.3 Å². The molecule has 1 nitrogen and oxygen atoms in total. The van der Waals surface area contributed by atoms with Gasteiger partial charge in [-0.3, -0.25) is 4.79 Å². The molecule has 0 unspecified atom stereocenters. The van der Waals surface area contributed by atoms with Crippen LogP contribution in [-0.2, 0) is 0 Å². The highest BCUT2D eigenvalue weighted by molar-refractivity contribution is 9.10. The van der Waals surface area contributed by atoms with Crippen LogP contribution in [0.3, 0.4) is 0 Å². The van der Waals surface area contributed by atoms with Crippen molar-refractivity contribution < 1.29 is 4.79 Å². The summed E-state index contributed by atoms with van der Waals surface area (Å²) < 4.78 is 0.814. The fourth-order valence-corrected chi connectivity index (χ4v) is 1.41. The molecule has 0 atom stereocenters. The number of Topliss-reactive ketones (excluding diaryl/α,β-unsaturated/α-hetero) is 1. The third-order valence-electron chi connectivity index (χ3n) is 1.73. The lowest BCUT2D eigenvalue weighted by Crippen LogP contribution is -2.06. The van der Waals surface area contributed by atoms with Crippen LogP contribution in [0.4, 0.5) is 0 Å². The molecule has 0 heterocycles. The first-order valence-corrected chi connectivity index (χ1v) is 5.18. The first-order chi connectivity index (χ1) is 6.02. The third kappa shape index (κ3) is 2.55. The molecule has 0 saturated heterocycles. The fraction of sp³-hybridized carbons (Fsp3) is 0.300. The van der Waals surface area contributed by atoms with Crippen LogP contribution in [0.1, 0.15) is 24.2 Å². The molecule has 0 bridgehead atoms. The van der Waals surface area contributed by atoms with Crippen LogP contribution >= 0.6 is 27.5 Å². The second kappa shape index (κ2) is 4.25. The molecule has 0 radical (unpaired) electrons. The molecule has 0 aliphatic rings. The van der Waals surface area contributed by atoms with Crippen LogP contribution < -0.4 is 0 Å². The van der Waals surface area contributed by atoms with Crippen molar-refractivity contribution in [1.82, 2.24) is 0 Å². The first kappa shape index (κ1) is 10.7. The second-order valence-electron chi connectivity index (χ2n) is 3.15. The van der Waals surface area contributed by atoms with Gasteiger partial charge in [0.2, 0.25) is 0 Å². The summed E-state index contributed by atoms with van der Waals surface area (Å²) in [5.41, 5.74) is 0.670. The molecule has 0 saturated carbocycles. The van der Waals surface area contributed by atoms with Crippen molar-refractivity contribution in [3.63, 3.8) is 0 Å².